The van der Waals surface area contributed by atoms with E-state index in [1.54, 1.807) is 0 Å². The van der Waals surface area contributed by atoms with Gasteiger partial charge in [-0.15, -0.1) is 0 Å². The van der Waals surface area contributed by atoms with Crippen molar-refractivity contribution in [3.05, 3.63) is 313 Å². The molecule has 0 aliphatic rings. The van der Waals surface area contributed by atoms with Gasteiger partial charge in [-0.05, 0) is 162 Å². The van der Waals surface area contributed by atoms with Crippen molar-refractivity contribution in [2.45, 2.75) is 0 Å². The minimum Gasteiger partial charge on any atom is -0.310 e. The van der Waals surface area contributed by atoms with Gasteiger partial charge >= 0.3 is 0 Å². The first kappa shape index (κ1) is 45.4. The van der Waals surface area contributed by atoms with Crippen LogP contribution in [0.5, 0.6) is 0 Å². The monoisotopic (exact) mass is 944 g/mol. The molecule has 0 spiro atoms. The summed E-state index contributed by atoms with van der Waals surface area (Å²) in [7, 11) is 0. The fourth-order valence-corrected chi connectivity index (χ4v) is 10.3. The van der Waals surface area contributed by atoms with Crippen LogP contribution in [0.15, 0.2) is 291 Å². The Morgan fingerprint density at radius 1 is 0.189 bits per heavy atom. The number of para-hydroxylation sites is 3. The second kappa shape index (κ2) is 20.9. The lowest BCUT2D eigenvalue weighted by atomic mass is 9.84. The Morgan fingerprint density at radius 3 is 0.892 bits per heavy atom. The van der Waals surface area contributed by atoms with Crippen LogP contribution in [-0.2, 0) is 0 Å². The quantitative estimate of drug-likeness (QED) is 0.0839. The Hall–Kier alpha value is -9.76. The number of benzene rings is 12. The Balaban J connectivity index is 1.13. The van der Waals surface area contributed by atoms with E-state index in [-0.39, 0.29) is 0 Å². The van der Waals surface area contributed by atoms with E-state index in [1.165, 1.54) is 38.4 Å². The first-order chi connectivity index (χ1) is 36.7. The highest BCUT2D eigenvalue weighted by Gasteiger charge is 2.22. The molecule has 12 aromatic rings. The van der Waals surface area contributed by atoms with E-state index in [0.29, 0.717) is 0 Å². The summed E-state index contributed by atoms with van der Waals surface area (Å²) in [5.74, 6) is 0. The zero-order valence-corrected chi connectivity index (χ0v) is 40.9. The molecule has 2 nitrogen and oxygen atoms in total. The number of anilines is 6. The van der Waals surface area contributed by atoms with Crippen LogP contribution < -0.4 is 9.80 Å². The van der Waals surface area contributed by atoms with Gasteiger partial charge in [-0.25, -0.2) is 0 Å². The third-order valence-electron chi connectivity index (χ3n) is 13.8. The van der Waals surface area contributed by atoms with Crippen molar-refractivity contribution >= 4 is 80.0 Å². The number of hydrogen-bond donors (Lipinski definition) is 0. The lowest BCUT2D eigenvalue weighted by molar-refractivity contribution is 1.29. The van der Waals surface area contributed by atoms with Crippen molar-refractivity contribution in [1.82, 2.24) is 0 Å². The molecule has 0 radical (unpaired) electrons. The third kappa shape index (κ3) is 9.56. The summed E-state index contributed by atoms with van der Waals surface area (Å²) in [5, 5.41) is 4.67. The average Bonchev–Trinajstić information content (AvgIpc) is 3.51. The molecule has 0 aromatic heterocycles. The molecule has 0 unspecified atom stereocenters. The van der Waals surface area contributed by atoms with E-state index in [2.05, 4.69) is 325 Å². The van der Waals surface area contributed by atoms with Gasteiger partial charge in [-0.3, -0.25) is 0 Å². The second-order valence-corrected chi connectivity index (χ2v) is 18.5. The number of hydrogen-bond acceptors (Lipinski definition) is 2. The Bertz CT molecular complexity index is 3870. The maximum Gasteiger partial charge on any atom is 0.0468 e. The SMILES string of the molecule is C(=C\c1cccc(-c2c3ccc(N(c4ccccc4)c4ccc(-c5ccccc5)cc4)cc3c(-c3cccc(/C=C/c4ccccc4)c3)c3ccc(N(c4ccccc4)c4ccccc4)cc23)c1)/c1ccccc1. The smallest absolute Gasteiger partial charge is 0.0468 e. The van der Waals surface area contributed by atoms with Gasteiger partial charge in [0.15, 0.2) is 0 Å². The maximum absolute atomic E-state index is 2.42. The van der Waals surface area contributed by atoms with Crippen LogP contribution in [0.2, 0.25) is 0 Å². The molecule has 0 N–H and O–H groups in total. The van der Waals surface area contributed by atoms with Crippen molar-refractivity contribution in [3.63, 3.8) is 0 Å². The van der Waals surface area contributed by atoms with Crippen molar-refractivity contribution in [2.75, 3.05) is 9.80 Å². The summed E-state index contributed by atoms with van der Waals surface area (Å²) in [5.41, 5.74) is 18.1. The average molecular weight is 945 g/mol. The normalized spacial score (nSPS) is 11.4. The van der Waals surface area contributed by atoms with Gasteiger partial charge in [-0.1, -0.05) is 231 Å². The van der Waals surface area contributed by atoms with E-state index in [0.717, 1.165) is 72.9 Å². The highest BCUT2D eigenvalue weighted by Crippen LogP contribution is 2.49. The maximum atomic E-state index is 2.42. The van der Waals surface area contributed by atoms with Gasteiger partial charge in [0.2, 0.25) is 0 Å². The Morgan fingerprint density at radius 2 is 0.486 bits per heavy atom. The topological polar surface area (TPSA) is 6.48 Å². The minimum atomic E-state index is 1.07. The molecule has 0 fully saturated rings. The highest BCUT2D eigenvalue weighted by atomic mass is 15.1. The first-order valence-electron chi connectivity index (χ1n) is 25.3. The molecule has 12 rings (SSSR count). The Labute approximate surface area is 434 Å². The summed E-state index contributed by atoms with van der Waals surface area (Å²) in [6.07, 6.45) is 8.85. The summed E-state index contributed by atoms with van der Waals surface area (Å²) < 4.78 is 0. The standard InChI is InChI=1S/C72H52N2/c1-7-21-53(22-8-1)37-39-55-25-19-29-59(49-55)71-68-48-46-66(74(63-35-17-6-18-36-63)64-43-41-58(42-44-64)57-27-11-3-12-28-57)52-70(68)72(60-30-20-26-56(50-60)40-38-54-23-9-2-10-24-54)67-47-45-65(51-69(67)71)73(61-31-13-4-14-32-61)62-33-15-5-16-34-62/h1-52H/b39-37+,40-38+. The fourth-order valence-electron chi connectivity index (χ4n) is 10.3. The molecule has 0 atom stereocenters. The molecular formula is C72H52N2. The fraction of sp³-hybridized carbons (Fsp3) is 0. The predicted molar refractivity (Wildman–Crippen MR) is 318 cm³/mol. The van der Waals surface area contributed by atoms with E-state index in [9.17, 15) is 0 Å². The molecule has 2 heteroatoms. The molecule has 0 aliphatic heterocycles. The molecule has 0 bridgehead atoms. The van der Waals surface area contributed by atoms with Crippen LogP contribution in [0.1, 0.15) is 22.3 Å². The van der Waals surface area contributed by atoms with Crippen molar-refractivity contribution in [3.8, 4) is 33.4 Å². The zero-order valence-electron chi connectivity index (χ0n) is 40.9. The van der Waals surface area contributed by atoms with Crippen LogP contribution >= 0.6 is 0 Å². The van der Waals surface area contributed by atoms with Crippen molar-refractivity contribution < 1.29 is 0 Å². The highest BCUT2D eigenvalue weighted by molar-refractivity contribution is 6.23. The van der Waals surface area contributed by atoms with Gasteiger partial charge in [0.25, 0.3) is 0 Å². The molecule has 0 saturated heterocycles. The third-order valence-corrected chi connectivity index (χ3v) is 13.8. The van der Waals surface area contributed by atoms with Crippen LogP contribution in [0.25, 0.3) is 79.2 Å². The first-order valence-corrected chi connectivity index (χ1v) is 25.3. The number of fused-ring (bicyclic) bond motifs is 2. The van der Waals surface area contributed by atoms with E-state index in [1.807, 2.05) is 0 Å². The summed E-state index contributed by atoms with van der Waals surface area (Å²) in [6, 6.07) is 105. The molecule has 0 heterocycles. The van der Waals surface area contributed by atoms with E-state index in [4.69, 9.17) is 0 Å². The van der Waals surface area contributed by atoms with Gasteiger partial charge in [0.1, 0.15) is 0 Å². The summed E-state index contributed by atoms with van der Waals surface area (Å²) in [4.78, 5) is 4.75. The van der Waals surface area contributed by atoms with Crippen LogP contribution in [0.4, 0.5) is 34.1 Å². The molecule has 0 aliphatic carbocycles. The van der Waals surface area contributed by atoms with Gasteiger partial charge in [-0.2, -0.15) is 0 Å². The molecule has 12 aromatic carbocycles. The van der Waals surface area contributed by atoms with Gasteiger partial charge in [0.05, 0.1) is 0 Å². The number of rotatable bonds is 13. The molecular weight excluding hydrogens is 893 g/mol. The van der Waals surface area contributed by atoms with Crippen LogP contribution in [0, 0.1) is 0 Å². The lowest BCUT2D eigenvalue weighted by Crippen LogP contribution is -2.10. The molecule has 350 valence electrons. The lowest BCUT2D eigenvalue weighted by Gasteiger charge is -2.28. The van der Waals surface area contributed by atoms with Gasteiger partial charge in [0, 0.05) is 34.1 Å². The summed E-state index contributed by atoms with van der Waals surface area (Å²) >= 11 is 0. The molecule has 74 heavy (non-hydrogen) atoms. The summed E-state index contributed by atoms with van der Waals surface area (Å²) in [6.45, 7) is 0. The predicted octanol–water partition coefficient (Wildman–Crippen LogP) is 20.3. The van der Waals surface area contributed by atoms with Gasteiger partial charge < -0.3 is 9.80 Å². The van der Waals surface area contributed by atoms with E-state index >= 15 is 0 Å². The number of nitrogens with zero attached hydrogens (tertiary/aromatic N) is 2. The van der Waals surface area contributed by atoms with Crippen molar-refractivity contribution in [2.24, 2.45) is 0 Å². The zero-order chi connectivity index (χ0) is 49.5. The Kier molecular flexibility index (Phi) is 12.8. The second-order valence-electron chi connectivity index (χ2n) is 18.5. The largest absolute Gasteiger partial charge is 0.310 e. The van der Waals surface area contributed by atoms with E-state index < -0.39 is 0 Å². The van der Waals surface area contributed by atoms with Crippen LogP contribution in [0.3, 0.4) is 0 Å². The minimum absolute atomic E-state index is 1.07. The van der Waals surface area contributed by atoms with Crippen LogP contribution in [-0.4, -0.2) is 0 Å². The molecule has 0 saturated carbocycles. The van der Waals surface area contributed by atoms with Crippen molar-refractivity contribution in [1.29, 1.82) is 0 Å². The molecule has 0 amide bonds.